The van der Waals surface area contributed by atoms with E-state index in [-0.39, 0.29) is 18.9 Å². The maximum absolute atomic E-state index is 13.4. The molecule has 0 bridgehead atoms. The number of aliphatic hydroxyl groups is 8. The Balaban J connectivity index is 1.65. The Morgan fingerprint density at radius 1 is 0.398 bits per heavy atom. The quantitative estimate of drug-likeness (QED) is 0.0204. The van der Waals surface area contributed by atoms with Crippen LogP contribution < -0.4 is 5.32 Å². The molecule has 0 aromatic carbocycles. The zero-order valence-corrected chi connectivity index (χ0v) is 58.5. The molecule has 14 heteroatoms. The van der Waals surface area contributed by atoms with E-state index in [1.807, 2.05) is 6.08 Å². The third kappa shape index (κ3) is 45.7. The molecule has 2 aliphatic heterocycles. The van der Waals surface area contributed by atoms with Crippen molar-refractivity contribution in [3.63, 3.8) is 0 Å². The number of ether oxygens (including phenoxy) is 4. The number of carbonyl (C=O) groups is 1. The van der Waals surface area contributed by atoms with Gasteiger partial charge in [0.1, 0.15) is 48.8 Å². The van der Waals surface area contributed by atoms with Crippen molar-refractivity contribution in [3.05, 3.63) is 109 Å². The molecule has 0 aromatic rings. The van der Waals surface area contributed by atoms with Crippen LogP contribution in [0.15, 0.2) is 109 Å². The van der Waals surface area contributed by atoms with E-state index in [0.717, 1.165) is 83.5 Å². The lowest BCUT2D eigenvalue weighted by Gasteiger charge is -2.46. The summed E-state index contributed by atoms with van der Waals surface area (Å²) in [5, 5.41) is 87.5. The smallest absolute Gasteiger partial charge is 0.220 e. The van der Waals surface area contributed by atoms with E-state index in [9.17, 15) is 45.6 Å². The molecule has 536 valence electrons. The highest BCUT2D eigenvalue weighted by Crippen LogP contribution is 2.30. The molecule has 93 heavy (non-hydrogen) atoms. The van der Waals surface area contributed by atoms with Crippen LogP contribution >= 0.6 is 0 Å². The summed E-state index contributed by atoms with van der Waals surface area (Å²) < 4.78 is 22.9. The maximum atomic E-state index is 13.4. The number of hydrogen-bond donors (Lipinski definition) is 9. The summed E-state index contributed by atoms with van der Waals surface area (Å²) in [6.45, 7) is 2.68. The average molecular weight is 1310 g/mol. The number of amides is 1. The number of hydrogen-bond acceptors (Lipinski definition) is 13. The highest BCUT2D eigenvalue weighted by atomic mass is 16.7. The van der Waals surface area contributed by atoms with Crippen molar-refractivity contribution < 1.29 is 64.6 Å². The van der Waals surface area contributed by atoms with Gasteiger partial charge < -0.3 is 65.1 Å². The first-order valence-corrected chi connectivity index (χ1v) is 37.6. The fourth-order valence-electron chi connectivity index (χ4n) is 11.7. The molecule has 2 fully saturated rings. The van der Waals surface area contributed by atoms with Crippen LogP contribution in [0.3, 0.4) is 0 Å². The first kappa shape index (κ1) is 85.7. The second kappa shape index (κ2) is 62.2. The first-order valence-electron chi connectivity index (χ1n) is 37.6. The summed E-state index contributed by atoms with van der Waals surface area (Å²) in [6.07, 6.45) is 72.9. The van der Waals surface area contributed by atoms with E-state index in [4.69, 9.17) is 18.9 Å². The monoisotopic (exact) mass is 1310 g/mol. The third-order valence-corrected chi connectivity index (χ3v) is 17.7. The molecule has 1 amide bonds. The highest BCUT2D eigenvalue weighted by molar-refractivity contribution is 5.76. The number of nitrogens with one attached hydrogen (secondary N) is 1. The van der Waals surface area contributed by atoms with Crippen LogP contribution in [0.5, 0.6) is 0 Å². The number of carbonyl (C=O) groups excluding carboxylic acids is 1. The van der Waals surface area contributed by atoms with Crippen LogP contribution in [-0.4, -0.2) is 140 Å². The molecule has 14 nitrogen and oxygen atoms in total. The van der Waals surface area contributed by atoms with Gasteiger partial charge in [-0.15, -0.1) is 0 Å². The summed E-state index contributed by atoms with van der Waals surface area (Å²) in [5.74, 6) is -0.254. The predicted molar refractivity (Wildman–Crippen MR) is 382 cm³/mol. The lowest BCUT2D eigenvalue weighted by atomic mass is 9.97. The van der Waals surface area contributed by atoms with E-state index in [1.165, 1.54) is 173 Å². The molecular weight excluding hydrogens is 1170 g/mol. The molecule has 0 aliphatic carbocycles. The minimum atomic E-state index is -1.80. The fraction of sp³-hybridized carbons (Fsp3) is 0.759. The highest BCUT2D eigenvalue weighted by Gasteiger charge is 2.51. The van der Waals surface area contributed by atoms with Crippen molar-refractivity contribution in [1.29, 1.82) is 0 Å². The van der Waals surface area contributed by atoms with E-state index < -0.39 is 86.8 Å². The third-order valence-electron chi connectivity index (χ3n) is 17.7. The minimum Gasteiger partial charge on any atom is -0.394 e. The molecule has 2 rings (SSSR count). The Morgan fingerprint density at radius 2 is 0.753 bits per heavy atom. The van der Waals surface area contributed by atoms with Gasteiger partial charge >= 0.3 is 0 Å². The maximum Gasteiger partial charge on any atom is 0.220 e. The summed E-state index contributed by atoms with van der Waals surface area (Å²) in [4.78, 5) is 13.4. The topological polar surface area (TPSA) is 228 Å². The van der Waals surface area contributed by atoms with Gasteiger partial charge in [0.2, 0.25) is 5.91 Å². The molecule has 0 aromatic heterocycles. The Bertz CT molecular complexity index is 1980. The summed E-state index contributed by atoms with van der Waals surface area (Å²) in [6, 6.07) is -0.945. The number of aliphatic hydroxyl groups excluding tert-OH is 8. The summed E-state index contributed by atoms with van der Waals surface area (Å²) in [7, 11) is 0. The van der Waals surface area contributed by atoms with Crippen LogP contribution in [0, 0.1) is 0 Å². The largest absolute Gasteiger partial charge is 0.394 e. The molecule has 0 saturated carbocycles. The average Bonchev–Trinajstić information content (AvgIpc) is 0.854. The van der Waals surface area contributed by atoms with Crippen molar-refractivity contribution in [3.8, 4) is 0 Å². The summed E-state index contributed by atoms with van der Waals surface area (Å²) in [5.41, 5.74) is 0. The van der Waals surface area contributed by atoms with Crippen LogP contribution in [0.4, 0.5) is 0 Å². The van der Waals surface area contributed by atoms with Gasteiger partial charge in [0.15, 0.2) is 12.6 Å². The standard InChI is InChI=1S/C79H137NO13/c1-3-5-7-9-11-13-15-17-19-21-23-25-27-29-30-31-32-33-34-35-36-37-38-39-41-43-45-47-49-51-53-55-57-59-61-63-71(84)80-67(66-90-78-76(89)74(87)77(70(65-82)92-78)93-79-75(88)73(86)72(85)69(64-81)91-79)68(83)62-60-58-56-54-52-50-48-46-44-42-40-28-26-24-22-20-18-16-14-12-10-8-6-4-2/h5,7,11,13,17,19,23,25,29-30,32-33,44,46,52,54,60,62,67-70,72-79,81-83,85-89H,3-4,6,8-10,12,14-16,18,20-22,24,26-28,31,34-43,45,47-51,53,55-59,61,63-66H2,1-2H3,(H,80,84)/b7-5-,13-11-,19-17-,25-23-,30-29-,33-32-,46-44+,54-52+,62-60+. The van der Waals surface area contributed by atoms with Crippen LogP contribution in [0.2, 0.25) is 0 Å². The van der Waals surface area contributed by atoms with Crippen LogP contribution in [-0.2, 0) is 23.7 Å². The number of allylic oxidation sites excluding steroid dienone is 17. The molecule has 9 N–H and O–H groups in total. The van der Waals surface area contributed by atoms with Gasteiger partial charge in [-0.2, -0.15) is 0 Å². The molecule has 12 unspecified atom stereocenters. The Hall–Kier alpha value is -3.35. The van der Waals surface area contributed by atoms with Crippen LogP contribution in [0.25, 0.3) is 0 Å². The molecule has 2 aliphatic rings. The van der Waals surface area contributed by atoms with Crippen molar-refractivity contribution in [2.75, 3.05) is 19.8 Å². The first-order chi connectivity index (χ1) is 45.6. The molecule has 12 atom stereocenters. The fourth-order valence-corrected chi connectivity index (χ4v) is 11.7. The van der Waals surface area contributed by atoms with E-state index in [1.54, 1.807) is 6.08 Å². The van der Waals surface area contributed by atoms with Gasteiger partial charge in [-0.05, 0) is 96.3 Å². The Labute approximate surface area is 566 Å². The molecule has 0 radical (unpaired) electrons. The van der Waals surface area contributed by atoms with Crippen molar-refractivity contribution in [2.45, 2.75) is 364 Å². The van der Waals surface area contributed by atoms with Gasteiger partial charge in [0.05, 0.1) is 32.0 Å². The van der Waals surface area contributed by atoms with E-state index in [0.29, 0.717) is 12.8 Å². The van der Waals surface area contributed by atoms with Gasteiger partial charge in [0, 0.05) is 6.42 Å². The molecule has 2 heterocycles. The van der Waals surface area contributed by atoms with E-state index >= 15 is 0 Å². The second-order valence-corrected chi connectivity index (χ2v) is 26.0. The normalized spacial score (nSPS) is 23.2. The lowest BCUT2D eigenvalue weighted by Crippen LogP contribution is -2.65. The number of unbranched alkanes of at least 4 members (excludes halogenated alkanes) is 32. The van der Waals surface area contributed by atoms with Gasteiger partial charge in [0.25, 0.3) is 0 Å². The summed E-state index contributed by atoms with van der Waals surface area (Å²) >= 11 is 0. The molecular formula is C79H137NO13. The number of rotatable bonds is 61. The SMILES string of the molecule is CC/C=C\C/C=C\C/C=C\C/C=C\C/C=C\C/C=C\CCCCCCCCCCCCCCCCCCC(=O)NC(COC1OC(CO)C(OC2OC(CO)C(O)C(O)C2O)C(O)C1O)C(O)/C=C/CC/C=C/CC/C=C/CCCCCCCCCCCCCCCC. The van der Waals surface area contributed by atoms with Gasteiger partial charge in [-0.25, -0.2) is 0 Å². The van der Waals surface area contributed by atoms with Gasteiger partial charge in [-0.1, -0.05) is 297 Å². The van der Waals surface area contributed by atoms with Crippen molar-refractivity contribution in [2.24, 2.45) is 0 Å². The van der Waals surface area contributed by atoms with Crippen molar-refractivity contribution >= 4 is 5.91 Å². The molecule has 2 saturated heterocycles. The minimum absolute atomic E-state index is 0.254. The van der Waals surface area contributed by atoms with Gasteiger partial charge in [-0.3, -0.25) is 4.79 Å². The molecule has 0 spiro atoms. The second-order valence-electron chi connectivity index (χ2n) is 26.0. The zero-order chi connectivity index (χ0) is 67.3. The Morgan fingerprint density at radius 3 is 1.18 bits per heavy atom. The van der Waals surface area contributed by atoms with E-state index in [2.05, 4.69) is 116 Å². The Kier molecular flexibility index (Phi) is 57.3. The van der Waals surface area contributed by atoms with Crippen molar-refractivity contribution in [1.82, 2.24) is 5.32 Å². The lowest BCUT2D eigenvalue weighted by molar-refractivity contribution is -0.359. The predicted octanol–water partition coefficient (Wildman–Crippen LogP) is 16.3. The zero-order valence-electron chi connectivity index (χ0n) is 58.5. The van der Waals surface area contributed by atoms with Crippen LogP contribution in [0.1, 0.15) is 290 Å².